The molecule has 126 valence electrons. The lowest BCUT2D eigenvalue weighted by Gasteiger charge is -2.33. The number of nitrogens with zero attached hydrogens (tertiary/aromatic N) is 1. The number of nitrogens with one attached hydrogen (secondary N) is 1. The van der Waals surface area contributed by atoms with Gasteiger partial charge in [-0.25, -0.2) is 4.79 Å². The van der Waals surface area contributed by atoms with E-state index in [1.807, 2.05) is 29.2 Å². The first-order valence-corrected chi connectivity index (χ1v) is 8.88. The van der Waals surface area contributed by atoms with E-state index in [2.05, 4.69) is 12.2 Å². The highest BCUT2D eigenvalue weighted by atomic mass is 35.5. The molecule has 1 aliphatic carbocycles. The van der Waals surface area contributed by atoms with E-state index < -0.39 is 0 Å². The van der Waals surface area contributed by atoms with Gasteiger partial charge in [0.25, 0.3) is 0 Å². The van der Waals surface area contributed by atoms with Gasteiger partial charge in [0, 0.05) is 24.7 Å². The van der Waals surface area contributed by atoms with Gasteiger partial charge in [0.05, 0.1) is 6.04 Å². The number of rotatable bonds is 4. The summed E-state index contributed by atoms with van der Waals surface area (Å²) in [6, 6.07) is 7.81. The predicted octanol–water partition coefficient (Wildman–Crippen LogP) is 3.45. The summed E-state index contributed by atoms with van der Waals surface area (Å²) in [7, 11) is 0. The lowest BCUT2D eigenvalue weighted by atomic mass is 9.99. The minimum absolute atomic E-state index is 0.0119. The quantitative estimate of drug-likeness (QED) is 0.884. The third-order valence-electron chi connectivity index (χ3n) is 5.17. The fourth-order valence-corrected chi connectivity index (χ4v) is 3.67. The Morgan fingerprint density at radius 3 is 2.74 bits per heavy atom. The maximum absolute atomic E-state index is 12.7. The van der Waals surface area contributed by atoms with Crippen molar-refractivity contribution >= 4 is 17.6 Å². The summed E-state index contributed by atoms with van der Waals surface area (Å²) >= 11 is 5.98. The molecule has 2 fully saturated rings. The van der Waals surface area contributed by atoms with Crippen molar-refractivity contribution in [3.05, 3.63) is 34.9 Å². The number of hydrogen-bond acceptors (Lipinski definition) is 2. The van der Waals surface area contributed by atoms with E-state index in [9.17, 15) is 9.90 Å². The maximum atomic E-state index is 12.7. The van der Waals surface area contributed by atoms with Crippen molar-refractivity contribution in [3.63, 3.8) is 0 Å². The van der Waals surface area contributed by atoms with Crippen molar-refractivity contribution in [1.82, 2.24) is 10.2 Å². The molecule has 0 radical (unpaired) electrons. The zero-order valence-electron chi connectivity index (χ0n) is 13.5. The summed E-state index contributed by atoms with van der Waals surface area (Å²) in [4.78, 5) is 14.5. The lowest BCUT2D eigenvalue weighted by molar-refractivity contribution is 0.127. The van der Waals surface area contributed by atoms with Crippen LogP contribution in [0, 0.1) is 17.8 Å². The van der Waals surface area contributed by atoms with Crippen molar-refractivity contribution in [1.29, 1.82) is 0 Å². The van der Waals surface area contributed by atoms with Crippen LogP contribution in [0.2, 0.25) is 5.02 Å². The van der Waals surface area contributed by atoms with E-state index in [4.69, 9.17) is 11.6 Å². The van der Waals surface area contributed by atoms with E-state index >= 15 is 0 Å². The summed E-state index contributed by atoms with van der Waals surface area (Å²) in [6.07, 6.45) is 3.11. The van der Waals surface area contributed by atoms with Gasteiger partial charge >= 0.3 is 6.03 Å². The van der Waals surface area contributed by atoms with E-state index in [0.717, 1.165) is 31.4 Å². The number of urea groups is 1. The highest BCUT2D eigenvalue weighted by Gasteiger charge is 2.41. The van der Waals surface area contributed by atoms with Crippen LogP contribution in [0.4, 0.5) is 4.79 Å². The molecule has 23 heavy (non-hydrogen) atoms. The van der Waals surface area contributed by atoms with Gasteiger partial charge in [-0.15, -0.1) is 0 Å². The minimum Gasteiger partial charge on any atom is -0.396 e. The van der Waals surface area contributed by atoms with Gasteiger partial charge in [0.1, 0.15) is 0 Å². The molecule has 1 aliphatic heterocycles. The molecule has 0 aromatic heterocycles. The SMILES string of the molecule is CC1CC1C(NC(=O)N1CCCC(CO)C1)c1ccc(Cl)cc1. The van der Waals surface area contributed by atoms with E-state index in [1.165, 1.54) is 0 Å². The van der Waals surface area contributed by atoms with Crippen LogP contribution in [0.3, 0.4) is 0 Å². The molecule has 3 rings (SSSR count). The number of amides is 2. The molecular formula is C18H25ClN2O2. The molecule has 4 atom stereocenters. The summed E-state index contributed by atoms with van der Waals surface area (Å²) in [5.74, 6) is 1.35. The molecule has 4 nitrogen and oxygen atoms in total. The second-order valence-corrected chi connectivity index (χ2v) is 7.43. The summed E-state index contributed by atoms with van der Waals surface area (Å²) in [5, 5.41) is 13.3. The van der Waals surface area contributed by atoms with Crippen molar-refractivity contribution < 1.29 is 9.90 Å². The third kappa shape index (κ3) is 3.99. The van der Waals surface area contributed by atoms with Crippen LogP contribution in [-0.4, -0.2) is 35.7 Å². The van der Waals surface area contributed by atoms with Gasteiger partial charge in [0.2, 0.25) is 0 Å². The average Bonchev–Trinajstić information content (AvgIpc) is 3.30. The fraction of sp³-hybridized carbons (Fsp3) is 0.611. The van der Waals surface area contributed by atoms with Crippen molar-refractivity contribution in [2.75, 3.05) is 19.7 Å². The number of aliphatic hydroxyl groups is 1. The molecule has 2 aliphatic rings. The van der Waals surface area contributed by atoms with Crippen LogP contribution < -0.4 is 5.32 Å². The summed E-state index contributed by atoms with van der Waals surface area (Å²) < 4.78 is 0. The molecule has 1 aromatic carbocycles. The van der Waals surface area contributed by atoms with E-state index in [0.29, 0.717) is 23.4 Å². The first kappa shape index (κ1) is 16.6. The molecule has 1 aromatic rings. The number of piperidine rings is 1. The van der Waals surface area contributed by atoms with Crippen molar-refractivity contribution in [2.24, 2.45) is 17.8 Å². The Hall–Kier alpha value is -1.26. The summed E-state index contributed by atoms with van der Waals surface area (Å²) in [5.41, 5.74) is 1.12. The molecule has 4 unspecified atom stereocenters. The Labute approximate surface area is 142 Å². The highest BCUT2D eigenvalue weighted by molar-refractivity contribution is 6.30. The normalized spacial score (nSPS) is 28.3. The van der Waals surface area contributed by atoms with E-state index in [-0.39, 0.29) is 24.6 Å². The molecule has 2 amide bonds. The van der Waals surface area contributed by atoms with E-state index in [1.54, 1.807) is 0 Å². The zero-order chi connectivity index (χ0) is 16.4. The van der Waals surface area contributed by atoms with Crippen LogP contribution >= 0.6 is 11.6 Å². The Morgan fingerprint density at radius 2 is 2.13 bits per heavy atom. The number of carbonyl (C=O) groups is 1. The number of carbonyl (C=O) groups excluding carboxylic acids is 1. The van der Waals surface area contributed by atoms with Crippen molar-refractivity contribution in [3.8, 4) is 0 Å². The number of hydrogen-bond donors (Lipinski definition) is 2. The Balaban J connectivity index is 1.68. The lowest BCUT2D eigenvalue weighted by Crippen LogP contribution is -2.47. The third-order valence-corrected chi connectivity index (χ3v) is 5.42. The maximum Gasteiger partial charge on any atom is 0.317 e. The van der Waals surface area contributed by atoms with Gasteiger partial charge in [0.15, 0.2) is 0 Å². The largest absolute Gasteiger partial charge is 0.396 e. The molecule has 1 heterocycles. The predicted molar refractivity (Wildman–Crippen MR) is 91.4 cm³/mol. The van der Waals surface area contributed by atoms with Gasteiger partial charge in [-0.3, -0.25) is 0 Å². The minimum atomic E-state index is -0.0119. The molecule has 0 spiro atoms. The molecular weight excluding hydrogens is 312 g/mol. The van der Waals surface area contributed by atoms with Gasteiger partial charge < -0.3 is 15.3 Å². The Bertz CT molecular complexity index is 548. The number of aliphatic hydroxyl groups excluding tert-OH is 1. The van der Waals surface area contributed by atoms with Crippen LogP contribution in [0.15, 0.2) is 24.3 Å². The number of halogens is 1. The Kier molecular flexibility index (Phi) is 5.12. The number of likely N-dealkylation sites (tertiary alicyclic amines) is 1. The monoisotopic (exact) mass is 336 g/mol. The molecule has 5 heteroatoms. The topological polar surface area (TPSA) is 52.6 Å². The molecule has 1 saturated heterocycles. The van der Waals surface area contributed by atoms with Crippen LogP contribution in [0.25, 0.3) is 0 Å². The number of benzene rings is 1. The molecule has 1 saturated carbocycles. The zero-order valence-corrected chi connectivity index (χ0v) is 14.3. The second-order valence-electron chi connectivity index (χ2n) is 6.99. The summed E-state index contributed by atoms with van der Waals surface area (Å²) in [6.45, 7) is 3.80. The van der Waals surface area contributed by atoms with Crippen LogP contribution in [0.1, 0.15) is 37.8 Å². The van der Waals surface area contributed by atoms with Crippen molar-refractivity contribution in [2.45, 2.75) is 32.2 Å². The second kappa shape index (κ2) is 7.10. The standard InChI is InChI=1S/C18H25ClN2O2/c1-12-9-16(12)17(14-4-6-15(19)7-5-14)20-18(23)21-8-2-3-13(10-21)11-22/h4-7,12-13,16-17,22H,2-3,8-11H2,1H3,(H,20,23). The van der Waals surface area contributed by atoms with Crippen LogP contribution in [-0.2, 0) is 0 Å². The first-order chi connectivity index (χ1) is 11.1. The van der Waals surface area contributed by atoms with Gasteiger partial charge in [-0.05, 0) is 54.7 Å². The van der Waals surface area contributed by atoms with Crippen LogP contribution in [0.5, 0.6) is 0 Å². The Morgan fingerprint density at radius 1 is 1.43 bits per heavy atom. The molecule has 0 bridgehead atoms. The van der Waals surface area contributed by atoms with Gasteiger partial charge in [-0.2, -0.15) is 0 Å². The smallest absolute Gasteiger partial charge is 0.317 e. The van der Waals surface area contributed by atoms with Gasteiger partial charge in [-0.1, -0.05) is 30.7 Å². The highest BCUT2D eigenvalue weighted by Crippen LogP contribution is 2.47. The average molecular weight is 337 g/mol. The molecule has 2 N–H and O–H groups in total. The fourth-order valence-electron chi connectivity index (χ4n) is 3.55. The first-order valence-electron chi connectivity index (χ1n) is 8.50.